The Labute approximate surface area is 136 Å². The SMILES string of the molecule is C1=CC2=NC1=CC1=Cc3cc4cc(cn4c3=N1)C=c1ccc([nH]1)=C2. The van der Waals surface area contributed by atoms with E-state index < -0.39 is 0 Å². The van der Waals surface area contributed by atoms with Gasteiger partial charge in [-0.2, -0.15) is 0 Å². The van der Waals surface area contributed by atoms with Crippen molar-refractivity contribution in [1.29, 1.82) is 0 Å². The van der Waals surface area contributed by atoms with E-state index in [4.69, 9.17) is 4.99 Å². The summed E-state index contributed by atoms with van der Waals surface area (Å²) in [7, 11) is 0. The highest BCUT2D eigenvalue weighted by Gasteiger charge is 2.13. The quantitative estimate of drug-likeness (QED) is 0.654. The molecule has 0 radical (unpaired) electrons. The summed E-state index contributed by atoms with van der Waals surface area (Å²) >= 11 is 0. The number of H-pyrrole nitrogens is 1. The first-order valence-electron chi connectivity index (χ1n) is 7.92. The molecule has 0 aliphatic carbocycles. The summed E-state index contributed by atoms with van der Waals surface area (Å²) < 4.78 is 2.15. The van der Waals surface area contributed by atoms with Crippen LogP contribution in [-0.2, 0) is 0 Å². The molecule has 3 aromatic heterocycles. The topological polar surface area (TPSA) is 44.9 Å². The van der Waals surface area contributed by atoms with Crippen LogP contribution in [0.2, 0.25) is 0 Å². The second-order valence-electron chi connectivity index (χ2n) is 6.27. The molecule has 1 N–H and O–H groups in total. The summed E-state index contributed by atoms with van der Waals surface area (Å²) in [5.41, 5.74) is 7.32. The maximum absolute atomic E-state index is 4.77. The van der Waals surface area contributed by atoms with Gasteiger partial charge in [0.05, 0.1) is 17.1 Å². The normalized spacial score (nSPS) is 17.1. The Balaban J connectivity index is 1.71. The molecule has 0 spiro atoms. The summed E-state index contributed by atoms with van der Waals surface area (Å²) in [6, 6.07) is 8.53. The molecule has 3 aromatic rings. The first-order valence-corrected chi connectivity index (χ1v) is 7.92. The van der Waals surface area contributed by atoms with E-state index in [1.165, 1.54) is 5.52 Å². The van der Waals surface area contributed by atoms with Crippen LogP contribution in [0, 0.1) is 0 Å². The second kappa shape index (κ2) is 4.11. The third kappa shape index (κ3) is 1.68. The van der Waals surface area contributed by atoms with E-state index in [0.717, 1.165) is 44.4 Å². The van der Waals surface area contributed by atoms with E-state index in [9.17, 15) is 0 Å². The molecule has 3 aliphatic rings. The van der Waals surface area contributed by atoms with Gasteiger partial charge in [0, 0.05) is 28.0 Å². The van der Waals surface area contributed by atoms with E-state index in [0.29, 0.717) is 0 Å². The van der Waals surface area contributed by atoms with Crippen molar-refractivity contribution in [1.82, 2.24) is 9.38 Å². The van der Waals surface area contributed by atoms with E-state index >= 15 is 0 Å². The molecule has 112 valence electrons. The van der Waals surface area contributed by atoms with Crippen LogP contribution in [0.1, 0.15) is 11.1 Å². The number of aliphatic imine (C=N–C) groups is 1. The lowest BCUT2D eigenvalue weighted by Gasteiger charge is -1.91. The van der Waals surface area contributed by atoms with Crippen molar-refractivity contribution in [2.24, 2.45) is 9.98 Å². The van der Waals surface area contributed by atoms with Gasteiger partial charge in [-0.25, -0.2) is 9.98 Å². The maximum Gasteiger partial charge on any atom is 0.145 e. The molecule has 0 aromatic carbocycles. The summed E-state index contributed by atoms with van der Waals surface area (Å²) in [4.78, 5) is 12.8. The predicted molar refractivity (Wildman–Crippen MR) is 94.9 cm³/mol. The van der Waals surface area contributed by atoms with Gasteiger partial charge >= 0.3 is 0 Å². The highest BCUT2D eigenvalue weighted by atomic mass is 15.0. The highest BCUT2D eigenvalue weighted by molar-refractivity contribution is 6.19. The Morgan fingerprint density at radius 1 is 0.833 bits per heavy atom. The second-order valence-corrected chi connectivity index (χ2v) is 6.27. The molecule has 6 heterocycles. The van der Waals surface area contributed by atoms with Crippen LogP contribution in [0.3, 0.4) is 0 Å². The zero-order valence-corrected chi connectivity index (χ0v) is 12.7. The number of aromatic amines is 1. The molecule has 6 rings (SSSR count). The molecular formula is C20H12N4. The van der Waals surface area contributed by atoms with Crippen LogP contribution in [0.15, 0.2) is 70.1 Å². The molecular weight excluding hydrogens is 296 g/mol. The van der Waals surface area contributed by atoms with Gasteiger partial charge in [-0.15, -0.1) is 0 Å². The van der Waals surface area contributed by atoms with Gasteiger partial charge in [0.15, 0.2) is 0 Å². The lowest BCUT2D eigenvalue weighted by molar-refractivity contribution is 1.08. The fraction of sp³-hybridized carbons (Fsp3) is 0. The number of hydrogen-bond acceptors (Lipinski definition) is 2. The predicted octanol–water partition coefficient (Wildman–Crippen LogP) is 1.48. The molecule has 0 amide bonds. The molecule has 3 aliphatic heterocycles. The van der Waals surface area contributed by atoms with Gasteiger partial charge in [0.2, 0.25) is 0 Å². The maximum atomic E-state index is 4.77. The molecule has 4 heteroatoms. The van der Waals surface area contributed by atoms with Crippen LogP contribution in [0.5, 0.6) is 0 Å². The number of aromatic nitrogens is 2. The molecule has 0 saturated carbocycles. The number of rotatable bonds is 0. The summed E-state index contributed by atoms with van der Waals surface area (Å²) in [6.45, 7) is 0. The Kier molecular flexibility index (Phi) is 2.07. The van der Waals surface area contributed by atoms with Crippen LogP contribution in [0.25, 0.3) is 23.7 Å². The van der Waals surface area contributed by atoms with Gasteiger partial charge in [-0.3, -0.25) is 0 Å². The first-order chi connectivity index (χ1) is 11.8. The summed E-state index contributed by atoms with van der Waals surface area (Å²) in [5.74, 6) is 0. The number of allylic oxidation sites excluding steroid dienone is 3. The average Bonchev–Trinajstić information content (AvgIpc) is 3.30. The minimum Gasteiger partial charge on any atom is -0.355 e. The average molecular weight is 308 g/mol. The Morgan fingerprint density at radius 3 is 2.71 bits per heavy atom. The van der Waals surface area contributed by atoms with Crippen molar-refractivity contribution >= 4 is 29.5 Å². The minimum absolute atomic E-state index is 0.930. The van der Waals surface area contributed by atoms with Crippen molar-refractivity contribution in [2.75, 3.05) is 0 Å². The van der Waals surface area contributed by atoms with Gasteiger partial charge in [0.25, 0.3) is 0 Å². The van der Waals surface area contributed by atoms with Gasteiger partial charge in [-0.05, 0) is 66.3 Å². The van der Waals surface area contributed by atoms with Crippen molar-refractivity contribution in [3.63, 3.8) is 0 Å². The van der Waals surface area contributed by atoms with Crippen molar-refractivity contribution in [3.8, 4) is 0 Å². The molecule has 0 fully saturated rings. The standard InChI is InChI=1S/C20H12N4/c1-2-15-9-16-3-4-17(22-16)10-18-7-13-8-19-6-12(5-14(1)21-15)11-24(19)20(13)23-18/h1-11,21H. The largest absolute Gasteiger partial charge is 0.355 e. The fourth-order valence-electron chi connectivity index (χ4n) is 3.49. The lowest BCUT2D eigenvalue weighted by atomic mass is 10.2. The lowest BCUT2D eigenvalue weighted by Crippen LogP contribution is -2.10. The van der Waals surface area contributed by atoms with Gasteiger partial charge in [0.1, 0.15) is 5.49 Å². The number of fused-ring (bicyclic) bond motifs is 5. The van der Waals surface area contributed by atoms with Crippen LogP contribution in [-0.4, -0.2) is 15.1 Å². The molecule has 0 unspecified atom stereocenters. The number of nitrogens with zero attached hydrogens (tertiary/aromatic N) is 3. The summed E-state index contributed by atoms with van der Waals surface area (Å²) in [6.07, 6.45) is 14.5. The van der Waals surface area contributed by atoms with Gasteiger partial charge < -0.3 is 9.38 Å². The fourth-order valence-corrected chi connectivity index (χ4v) is 3.49. The van der Waals surface area contributed by atoms with Crippen LogP contribution < -0.4 is 16.2 Å². The molecule has 0 saturated heterocycles. The monoisotopic (exact) mass is 308 g/mol. The smallest absolute Gasteiger partial charge is 0.145 e. The molecule has 0 atom stereocenters. The van der Waals surface area contributed by atoms with E-state index in [1.54, 1.807) is 0 Å². The Morgan fingerprint density at radius 2 is 1.75 bits per heavy atom. The third-order valence-corrected chi connectivity index (χ3v) is 4.53. The van der Waals surface area contributed by atoms with Crippen molar-refractivity contribution in [3.05, 3.63) is 87.4 Å². The Hall–Kier alpha value is -3.40. The molecule has 24 heavy (non-hydrogen) atoms. The molecule has 4 nitrogen and oxygen atoms in total. The number of hydrogen-bond donors (Lipinski definition) is 1. The number of nitrogens with one attached hydrogen (secondary N) is 1. The van der Waals surface area contributed by atoms with E-state index in [1.807, 2.05) is 18.2 Å². The first kappa shape index (κ1) is 12.1. The van der Waals surface area contributed by atoms with Crippen LogP contribution in [0.4, 0.5) is 0 Å². The third-order valence-electron chi connectivity index (χ3n) is 4.53. The van der Waals surface area contributed by atoms with Gasteiger partial charge in [-0.1, -0.05) is 0 Å². The Bertz CT molecular complexity index is 1340. The highest BCUT2D eigenvalue weighted by Crippen LogP contribution is 2.21. The zero-order chi connectivity index (χ0) is 15.7. The van der Waals surface area contributed by atoms with E-state index in [-0.39, 0.29) is 0 Å². The summed E-state index contributed by atoms with van der Waals surface area (Å²) in [5, 5.41) is 2.13. The van der Waals surface area contributed by atoms with Crippen molar-refractivity contribution < 1.29 is 0 Å². The minimum atomic E-state index is 0.930. The molecule has 8 bridgehead atoms. The van der Waals surface area contributed by atoms with Crippen molar-refractivity contribution in [2.45, 2.75) is 0 Å². The van der Waals surface area contributed by atoms with E-state index in [2.05, 4.69) is 63.1 Å². The zero-order valence-electron chi connectivity index (χ0n) is 12.7. The van der Waals surface area contributed by atoms with Crippen LogP contribution >= 0.6 is 0 Å².